The molecule has 0 atom stereocenters. The SMILES string of the molecule is NC1(c2noc(-c3ccc(F)c(Cl)c3)n2)CCCCCC1. The number of rotatable bonds is 2. The number of aromatic nitrogens is 2. The summed E-state index contributed by atoms with van der Waals surface area (Å²) in [5.74, 6) is 0.375. The zero-order chi connectivity index (χ0) is 14.9. The van der Waals surface area contributed by atoms with Crippen molar-refractivity contribution in [1.82, 2.24) is 10.1 Å². The van der Waals surface area contributed by atoms with Crippen LogP contribution in [-0.4, -0.2) is 10.1 Å². The van der Waals surface area contributed by atoms with E-state index in [0.29, 0.717) is 17.3 Å². The lowest BCUT2D eigenvalue weighted by Crippen LogP contribution is -2.37. The molecule has 2 aromatic rings. The first-order chi connectivity index (χ1) is 10.1. The van der Waals surface area contributed by atoms with Crippen LogP contribution in [-0.2, 0) is 5.54 Å². The van der Waals surface area contributed by atoms with Gasteiger partial charge in [0.2, 0.25) is 0 Å². The molecule has 0 amide bonds. The van der Waals surface area contributed by atoms with E-state index in [-0.39, 0.29) is 5.02 Å². The number of benzene rings is 1. The van der Waals surface area contributed by atoms with Gasteiger partial charge in [0.1, 0.15) is 5.82 Å². The minimum absolute atomic E-state index is 0.0316. The predicted octanol–water partition coefficient (Wildman–Crippen LogP) is 4.04. The third kappa shape index (κ3) is 2.94. The van der Waals surface area contributed by atoms with Gasteiger partial charge in [-0.15, -0.1) is 0 Å². The van der Waals surface area contributed by atoms with Crippen LogP contribution in [0.1, 0.15) is 44.3 Å². The van der Waals surface area contributed by atoms with E-state index in [0.717, 1.165) is 25.7 Å². The average Bonchev–Trinajstić information content (AvgIpc) is 2.86. The third-order valence-electron chi connectivity index (χ3n) is 4.03. The van der Waals surface area contributed by atoms with Gasteiger partial charge in [-0.3, -0.25) is 0 Å². The molecule has 21 heavy (non-hydrogen) atoms. The van der Waals surface area contributed by atoms with Crippen molar-refractivity contribution in [3.8, 4) is 11.5 Å². The average molecular weight is 310 g/mol. The first-order valence-electron chi connectivity index (χ1n) is 7.17. The molecule has 0 bridgehead atoms. The Kier molecular flexibility index (Phi) is 3.95. The van der Waals surface area contributed by atoms with Gasteiger partial charge in [-0.1, -0.05) is 42.4 Å². The van der Waals surface area contributed by atoms with Gasteiger partial charge in [-0.2, -0.15) is 4.98 Å². The molecule has 4 nitrogen and oxygen atoms in total. The van der Waals surface area contributed by atoms with E-state index in [9.17, 15) is 4.39 Å². The van der Waals surface area contributed by atoms with Crippen molar-refractivity contribution >= 4 is 11.6 Å². The summed E-state index contributed by atoms with van der Waals surface area (Å²) >= 11 is 5.78. The topological polar surface area (TPSA) is 64.9 Å². The molecule has 112 valence electrons. The molecule has 3 rings (SSSR count). The van der Waals surface area contributed by atoms with Crippen molar-refractivity contribution in [2.75, 3.05) is 0 Å². The fraction of sp³-hybridized carbons (Fsp3) is 0.467. The lowest BCUT2D eigenvalue weighted by Gasteiger charge is -2.23. The van der Waals surface area contributed by atoms with Gasteiger partial charge in [0.25, 0.3) is 5.89 Å². The Morgan fingerprint density at radius 1 is 1.19 bits per heavy atom. The van der Waals surface area contributed by atoms with E-state index in [4.69, 9.17) is 21.9 Å². The third-order valence-corrected chi connectivity index (χ3v) is 4.32. The molecule has 0 aliphatic heterocycles. The largest absolute Gasteiger partial charge is 0.334 e. The highest BCUT2D eigenvalue weighted by atomic mass is 35.5. The van der Waals surface area contributed by atoms with Crippen molar-refractivity contribution in [2.24, 2.45) is 5.73 Å². The van der Waals surface area contributed by atoms with Crippen molar-refractivity contribution in [1.29, 1.82) is 0 Å². The fourth-order valence-corrected chi connectivity index (χ4v) is 2.94. The Bertz CT molecular complexity index is 636. The first kappa shape index (κ1) is 14.5. The highest BCUT2D eigenvalue weighted by Gasteiger charge is 2.33. The molecule has 1 saturated carbocycles. The molecular formula is C15H17ClFN3O. The molecule has 0 saturated heterocycles. The Hall–Kier alpha value is -1.46. The molecule has 1 aromatic heterocycles. The summed E-state index contributed by atoms with van der Waals surface area (Å²) in [7, 11) is 0. The lowest BCUT2D eigenvalue weighted by molar-refractivity contribution is 0.334. The monoisotopic (exact) mass is 309 g/mol. The summed E-state index contributed by atoms with van der Waals surface area (Å²) < 4.78 is 18.5. The minimum atomic E-state index is -0.526. The second-order valence-corrected chi connectivity index (χ2v) is 6.03. The molecule has 2 N–H and O–H groups in total. The van der Waals surface area contributed by atoms with Crippen LogP contribution in [0, 0.1) is 5.82 Å². The molecule has 1 aliphatic carbocycles. The highest BCUT2D eigenvalue weighted by Crippen LogP contribution is 2.33. The van der Waals surface area contributed by atoms with E-state index in [1.165, 1.54) is 25.0 Å². The standard InChI is InChI=1S/C15H17ClFN3O/c16-11-9-10(5-6-12(11)17)13-19-14(20-21-13)15(18)7-3-1-2-4-8-15/h5-6,9H,1-4,7-8,18H2. The Morgan fingerprint density at radius 3 is 2.57 bits per heavy atom. The van der Waals surface area contributed by atoms with Gasteiger partial charge < -0.3 is 10.3 Å². The smallest absolute Gasteiger partial charge is 0.258 e. The van der Waals surface area contributed by atoms with Crippen LogP contribution >= 0.6 is 11.6 Å². The molecule has 0 spiro atoms. The summed E-state index contributed by atoms with van der Waals surface area (Å²) in [6.45, 7) is 0. The molecule has 1 aromatic carbocycles. The quantitative estimate of drug-likeness (QED) is 0.850. The lowest BCUT2D eigenvalue weighted by atomic mass is 9.91. The van der Waals surface area contributed by atoms with E-state index >= 15 is 0 Å². The van der Waals surface area contributed by atoms with Crippen molar-refractivity contribution < 1.29 is 8.91 Å². The van der Waals surface area contributed by atoms with Gasteiger partial charge in [0.05, 0.1) is 10.6 Å². The van der Waals surface area contributed by atoms with Crippen LogP contribution in [0.15, 0.2) is 22.7 Å². The molecule has 1 aliphatic rings. The first-order valence-corrected chi connectivity index (χ1v) is 7.55. The van der Waals surface area contributed by atoms with E-state index in [2.05, 4.69) is 10.1 Å². The van der Waals surface area contributed by atoms with Crippen LogP contribution in [0.5, 0.6) is 0 Å². The van der Waals surface area contributed by atoms with E-state index in [1.807, 2.05) is 0 Å². The van der Waals surface area contributed by atoms with Crippen molar-refractivity contribution in [2.45, 2.75) is 44.1 Å². The number of nitrogens with zero attached hydrogens (tertiary/aromatic N) is 2. The zero-order valence-electron chi connectivity index (χ0n) is 11.6. The molecule has 0 radical (unpaired) electrons. The maximum Gasteiger partial charge on any atom is 0.258 e. The van der Waals surface area contributed by atoms with Crippen LogP contribution in [0.4, 0.5) is 4.39 Å². The second kappa shape index (κ2) is 5.73. The van der Waals surface area contributed by atoms with Gasteiger partial charge in [0.15, 0.2) is 5.82 Å². The number of halogens is 2. The van der Waals surface area contributed by atoms with Crippen LogP contribution < -0.4 is 5.73 Å². The Labute approximate surface area is 127 Å². The summed E-state index contributed by atoms with van der Waals surface area (Å²) in [5, 5.41) is 4.07. The van der Waals surface area contributed by atoms with Gasteiger partial charge in [-0.05, 0) is 31.0 Å². The molecule has 0 unspecified atom stereocenters. The van der Waals surface area contributed by atoms with E-state index < -0.39 is 11.4 Å². The molecule has 1 heterocycles. The molecule has 6 heteroatoms. The van der Waals surface area contributed by atoms with Crippen LogP contribution in [0.25, 0.3) is 11.5 Å². The molecule has 1 fully saturated rings. The van der Waals surface area contributed by atoms with E-state index in [1.54, 1.807) is 6.07 Å². The summed E-state index contributed by atoms with van der Waals surface area (Å²) in [6, 6.07) is 4.32. The summed E-state index contributed by atoms with van der Waals surface area (Å²) in [6.07, 6.45) is 6.24. The normalized spacial score (nSPS) is 18.4. The highest BCUT2D eigenvalue weighted by molar-refractivity contribution is 6.31. The molecular weight excluding hydrogens is 293 g/mol. The number of hydrogen-bond donors (Lipinski definition) is 1. The Morgan fingerprint density at radius 2 is 1.90 bits per heavy atom. The maximum atomic E-state index is 13.2. The minimum Gasteiger partial charge on any atom is -0.334 e. The van der Waals surface area contributed by atoms with Gasteiger partial charge in [0, 0.05) is 5.56 Å². The van der Waals surface area contributed by atoms with Gasteiger partial charge >= 0.3 is 0 Å². The number of nitrogens with two attached hydrogens (primary N) is 1. The Balaban J connectivity index is 1.90. The maximum absolute atomic E-state index is 13.2. The van der Waals surface area contributed by atoms with Crippen LogP contribution in [0.2, 0.25) is 5.02 Å². The summed E-state index contributed by atoms with van der Waals surface area (Å²) in [5.41, 5.74) is 6.52. The fourth-order valence-electron chi connectivity index (χ4n) is 2.76. The predicted molar refractivity (Wildman–Crippen MR) is 78.3 cm³/mol. The van der Waals surface area contributed by atoms with Gasteiger partial charge in [-0.25, -0.2) is 4.39 Å². The van der Waals surface area contributed by atoms with Crippen LogP contribution in [0.3, 0.4) is 0 Å². The summed E-state index contributed by atoms with van der Waals surface area (Å²) in [4.78, 5) is 4.40. The second-order valence-electron chi connectivity index (χ2n) is 5.62. The van der Waals surface area contributed by atoms with Crippen molar-refractivity contribution in [3.05, 3.63) is 34.9 Å². The zero-order valence-corrected chi connectivity index (χ0v) is 12.4. The number of hydrogen-bond acceptors (Lipinski definition) is 4. The van der Waals surface area contributed by atoms with Crippen molar-refractivity contribution in [3.63, 3.8) is 0 Å².